The maximum absolute atomic E-state index is 11.6. The SMILES string of the molecule is O=C1NC(=O)C(Cc2ccc(OCCn3ncc4c3CCCC4)cc2)S1. The molecule has 2 heterocycles. The molecule has 136 valence electrons. The normalized spacial score (nSPS) is 19.3. The van der Waals surface area contributed by atoms with Crippen molar-refractivity contribution in [2.24, 2.45) is 0 Å². The van der Waals surface area contributed by atoms with Crippen molar-refractivity contribution >= 4 is 22.9 Å². The monoisotopic (exact) mass is 371 g/mol. The topological polar surface area (TPSA) is 73.2 Å². The molecule has 2 aromatic rings. The van der Waals surface area contributed by atoms with Crippen LogP contribution in [0.1, 0.15) is 29.7 Å². The van der Waals surface area contributed by atoms with E-state index in [0.717, 1.165) is 42.5 Å². The van der Waals surface area contributed by atoms with E-state index in [9.17, 15) is 9.59 Å². The van der Waals surface area contributed by atoms with Crippen molar-refractivity contribution in [3.05, 3.63) is 47.3 Å². The van der Waals surface area contributed by atoms with Crippen LogP contribution >= 0.6 is 11.8 Å². The molecule has 7 heteroatoms. The Morgan fingerprint density at radius 3 is 2.77 bits per heavy atom. The minimum Gasteiger partial charge on any atom is -0.492 e. The molecule has 1 N–H and O–H groups in total. The average molecular weight is 371 g/mol. The molecule has 1 aliphatic heterocycles. The van der Waals surface area contributed by atoms with Gasteiger partial charge in [-0.25, -0.2) is 0 Å². The van der Waals surface area contributed by atoms with E-state index in [2.05, 4.69) is 15.1 Å². The number of fused-ring (bicyclic) bond motifs is 1. The molecule has 4 rings (SSSR count). The van der Waals surface area contributed by atoms with Gasteiger partial charge in [0.05, 0.1) is 18.0 Å². The number of thioether (sulfide) groups is 1. The summed E-state index contributed by atoms with van der Waals surface area (Å²) < 4.78 is 7.90. The van der Waals surface area contributed by atoms with E-state index in [1.807, 2.05) is 30.5 Å². The summed E-state index contributed by atoms with van der Waals surface area (Å²) in [6.07, 6.45) is 7.29. The number of rotatable bonds is 6. The number of carbonyl (C=O) groups excluding carboxylic acids is 2. The zero-order chi connectivity index (χ0) is 17.9. The van der Waals surface area contributed by atoms with Crippen molar-refractivity contribution in [2.75, 3.05) is 6.61 Å². The van der Waals surface area contributed by atoms with Crippen molar-refractivity contribution in [3.63, 3.8) is 0 Å². The highest BCUT2D eigenvalue weighted by atomic mass is 32.2. The van der Waals surface area contributed by atoms with Crippen LogP contribution in [0, 0.1) is 0 Å². The minimum absolute atomic E-state index is 0.206. The van der Waals surface area contributed by atoms with Gasteiger partial charge < -0.3 is 4.74 Å². The molecule has 0 bridgehead atoms. The molecule has 2 aliphatic rings. The number of hydrogen-bond acceptors (Lipinski definition) is 5. The fourth-order valence-corrected chi connectivity index (χ4v) is 4.32. The third-order valence-electron chi connectivity index (χ3n) is 4.83. The summed E-state index contributed by atoms with van der Waals surface area (Å²) in [7, 11) is 0. The standard InChI is InChI=1S/C19H21N3O3S/c23-18-17(26-19(24)21-18)11-13-5-7-15(8-6-13)25-10-9-22-16-4-2-1-3-14(16)12-20-22/h5-8,12,17H,1-4,9-11H2,(H,21,23,24). The van der Waals surface area contributed by atoms with Crippen molar-refractivity contribution in [1.29, 1.82) is 0 Å². The molecular formula is C19H21N3O3S. The third kappa shape index (κ3) is 3.77. The first-order chi connectivity index (χ1) is 12.7. The van der Waals surface area contributed by atoms with E-state index in [0.29, 0.717) is 13.0 Å². The van der Waals surface area contributed by atoms with Crippen LogP contribution < -0.4 is 10.1 Å². The first-order valence-corrected chi connectivity index (χ1v) is 9.84. The largest absolute Gasteiger partial charge is 0.492 e. The third-order valence-corrected chi connectivity index (χ3v) is 5.81. The lowest BCUT2D eigenvalue weighted by molar-refractivity contribution is -0.118. The van der Waals surface area contributed by atoms with Crippen LogP contribution in [0.4, 0.5) is 4.79 Å². The Bertz CT molecular complexity index is 816. The van der Waals surface area contributed by atoms with Gasteiger partial charge in [0, 0.05) is 5.69 Å². The van der Waals surface area contributed by atoms with Gasteiger partial charge in [-0.2, -0.15) is 5.10 Å². The number of imide groups is 1. The summed E-state index contributed by atoms with van der Waals surface area (Å²) in [5.41, 5.74) is 3.76. The predicted octanol–water partition coefficient (Wildman–Crippen LogP) is 2.74. The Morgan fingerprint density at radius 1 is 1.19 bits per heavy atom. The molecule has 1 saturated heterocycles. The first-order valence-electron chi connectivity index (χ1n) is 8.96. The Kier molecular flexibility index (Phi) is 4.97. The van der Waals surface area contributed by atoms with E-state index in [-0.39, 0.29) is 16.4 Å². The molecule has 0 saturated carbocycles. The van der Waals surface area contributed by atoms with Gasteiger partial charge in [-0.15, -0.1) is 0 Å². The average Bonchev–Trinajstić information content (AvgIpc) is 3.19. The van der Waals surface area contributed by atoms with Gasteiger partial charge in [-0.05, 0) is 55.4 Å². The van der Waals surface area contributed by atoms with Crippen molar-refractivity contribution < 1.29 is 14.3 Å². The highest BCUT2D eigenvalue weighted by Gasteiger charge is 2.31. The lowest BCUT2D eigenvalue weighted by Crippen LogP contribution is -2.25. The van der Waals surface area contributed by atoms with Crippen molar-refractivity contribution in [2.45, 2.75) is 43.9 Å². The van der Waals surface area contributed by atoms with Gasteiger partial charge in [-0.3, -0.25) is 19.6 Å². The fourth-order valence-electron chi connectivity index (χ4n) is 3.46. The molecule has 1 atom stereocenters. The summed E-state index contributed by atoms with van der Waals surface area (Å²) >= 11 is 1.06. The molecule has 1 aliphatic carbocycles. The highest BCUT2D eigenvalue weighted by molar-refractivity contribution is 8.15. The van der Waals surface area contributed by atoms with E-state index < -0.39 is 0 Å². The Hall–Kier alpha value is -2.28. The van der Waals surface area contributed by atoms with Crippen LogP contribution in [0.25, 0.3) is 0 Å². The number of aryl methyl sites for hydroxylation is 1. The first kappa shape index (κ1) is 17.1. The zero-order valence-corrected chi connectivity index (χ0v) is 15.3. The maximum atomic E-state index is 11.6. The van der Waals surface area contributed by atoms with E-state index in [1.54, 1.807) is 0 Å². The van der Waals surface area contributed by atoms with Gasteiger partial charge in [0.25, 0.3) is 5.24 Å². The lowest BCUT2D eigenvalue weighted by atomic mass is 9.98. The second-order valence-electron chi connectivity index (χ2n) is 6.63. The minimum atomic E-state index is -0.333. The summed E-state index contributed by atoms with van der Waals surface area (Å²) in [6, 6.07) is 7.71. The molecule has 2 amide bonds. The molecule has 1 aromatic carbocycles. The van der Waals surface area contributed by atoms with Crippen molar-refractivity contribution in [3.8, 4) is 5.75 Å². The number of aromatic nitrogens is 2. The van der Waals surface area contributed by atoms with Gasteiger partial charge in [0.15, 0.2) is 0 Å². The maximum Gasteiger partial charge on any atom is 0.286 e. The summed E-state index contributed by atoms with van der Waals surface area (Å²) in [4.78, 5) is 22.8. The predicted molar refractivity (Wildman–Crippen MR) is 99.4 cm³/mol. The molecule has 1 aromatic heterocycles. The number of ether oxygens (including phenoxy) is 1. The molecule has 6 nitrogen and oxygen atoms in total. The molecule has 1 unspecified atom stereocenters. The molecular weight excluding hydrogens is 350 g/mol. The summed E-state index contributed by atoms with van der Waals surface area (Å²) in [6.45, 7) is 1.32. The number of nitrogens with one attached hydrogen (secondary N) is 1. The molecule has 26 heavy (non-hydrogen) atoms. The quantitative estimate of drug-likeness (QED) is 0.845. The lowest BCUT2D eigenvalue weighted by Gasteiger charge is -2.14. The fraction of sp³-hybridized carbons (Fsp3) is 0.421. The number of hydrogen-bond donors (Lipinski definition) is 1. The second kappa shape index (κ2) is 7.53. The van der Waals surface area contributed by atoms with Crippen LogP contribution in [0.5, 0.6) is 5.75 Å². The van der Waals surface area contributed by atoms with Gasteiger partial charge >= 0.3 is 0 Å². The van der Waals surface area contributed by atoms with Gasteiger partial charge in [0.1, 0.15) is 12.4 Å². The van der Waals surface area contributed by atoms with E-state index in [1.165, 1.54) is 24.1 Å². The van der Waals surface area contributed by atoms with E-state index >= 15 is 0 Å². The Labute approximate surface area is 156 Å². The van der Waals surface area contributed by atoms with Crippen molar-refractivity contribution in [1.82, 2.24) is 15.1 Å². The van der Waals surface area contributed by atoms with Crippen LogP contribution in [-0.4, -0.2) is 32.8 Å². The van der Waals surface area contributed by atoms with E-state index in [4.69, 9.17) is 4.74 Å². The molecule has 0 radical (unpaired) electrons. The summed E-state index contributed by atoms with van der Waals surface area (Å²) in [5.74, 6) is 0.595. The van der Waals surface area contributed by atoms with Gasteiger partial charge in [-0.1, -0.05) is 23.9 Å². The molecule has 0 spiro atoms. The molecule has 1 fully saturated rings. The van der Waals surface area contributed by atoms with Crippen LogP contribution in [-0.2, 0) is 30.6 Å². The van der Waals surface area contributed by atoms with Gasteiger partial charge in [0.2, 0.25) is 5.91 Å². The zero-order valence-electron chi connectivity index (χ0n) is 14.4. The smallest absolute Gasteiger partial charge is 0.286 e. The number of benzene rings is 1. The highest BCUT2D eigenvalue weighted by Crippen LogP contribution is 2.24. The number of amides is 2. The number of nitrogens with zero attached hydrogens (tertiary/aromatic N) is 2. The Morgan fingerprint density at radius 2 is 2.00 bits per heavy atom. The Balaban J connectivity index is 1.28. The summed E-state index contributed by atoms with van der Waals surface area (Å²) in [5, 5.41) is 6.20. The second-order valence-corrected chi connectivity index (χ2v) is 7.80. The van der Waals surface area contributed by atoms with Crippen LogP contribution in [0.15, 0.2) is 30.5 Å². The van der Waals surface area contributed by atoms with Crippen LogP contribution in [0.3, 0.4) is 0 Å². The van der Waals surface area contributed by atoms with Crippen LogP contribution in [0.2, 0.25) is 0 Å². The number of carbonyl (C=O) groups is 2.